The van der Waals surface area contributed by atoms with Gasteiger partial charge in [-0.1, -0.05) is 24.3 Å². The molecule has 0 spiro atoms. The lowest BCUT2D eigenvalue weighted by Crippen LogP contribution is -2.41. The maximum absolute atomic E-state index is 13.6. The highest BCUT2D eigenvalue weighted by molar-refractivity contribution is 6.01. The first-order chi connectivity index (χ1) is 17.8. The van der Waals surface area contributed by atoms with Crippen LogP contribution in [0.1, 0.15) is 29.8 Å². The van der Waals surface area contributed by atoms with Crippen LogP contribution in [-0.2, 0) is 20.9 Å². The molecule has 1 aliphatic rings. The molecule has 3 rings (SSSR count). The van der Waals surface area contributed by atoms with Crippen LogP contribution in [0.25, 0.3) is 0 Å². The number of amides is 3. The van der Waals surface area contributed by atoms with Gasteiger partial charge >= 0.3 is 0 Å². The molecule has 1 fully saturated rings. The highest BCUT2D eigenvalue weighted by Crippen LogP contribution is 2.22. The molecule has 3 amide bonds. The maximum Gasteiger partial charge on any atom is 0.256 e. The predicted octanol–water partition coefficient (Wildman–Crippen LogP) is 2.50. The predicted molar refractivity (Wildman–Crippen MR) is 143 cm³/mol. The van der Waals surface area contributed by atoms with E-state index in [0.717, 1.165) is 17.0 Å². The van der Waals surface area contributed by atoms with Crippen LogP contribution in [0.2, 0.25) is 0 Å². The smallest absolute Gasteiger partial charge is 0.256 e. The Hall–Kier alpha value is -3.59. The molecule has 1 aliphatic heterocycles. The van der Waals surface area contributed by atoms with Crippen LogP contribution in [0, 0.1) is 0 Å². The molecule has 9 nitrogen and oxygen atoms in total. The molecule has 0 N–H and O–H groups in total. The topological polar surface area (TPSA) is 82.6 Å². The third-order valence-electron chi connectivity index (χ3n) is 6.52. The standard InChI is InChI=1S/C28H38N4O5/c1-6-30(7-2)27(34)20-37-23-17-31(16-21-12-14-22(36-5)15-13-21)26(33)19-32(18-23)28(35)24-10-8-9-11-25(24)29(3)4/h8-15,23H,6-7,16-20H2,1-5H3. The van der Waals surface area contributed by atoms with Crippen LogP contribution in [-0.4, -0.2) is 99.1 Å². The van der Waals surface area contributed by atoms with Crippen molar-refractivity contribution in [3.8, 4) is 5.75 Å². The molecule has 0 radical (unpaired) electrons. The second-order valence-corrected chi connectivity index (χ2v) is 9.22. The normalized spacial score (nSPS) is 15.8. The van der Waals surface area contributed by atoms with E-state index in [1.807, 2.05) is 75.3 Å². The van der Waals surface area contributed by atoms with Crippen LogP contribution in [0.4, 0.5) is 5.69 Å². The van der Waals surface area contributed by atoms with Crippen molar-refractivity contribution in [2.24, 2.45) is 0 Å². The highest BCUT2D eigenvalue weighted by atomic mass is 16.5. The molecule has 2 aromatic carbocycles. The number of carbonyl (C=O) groups is 3. The van der Waals surface area contributed by atoms with Gasteiger partial charge in [0.25, 0.3) is 5.91 Å². The van der Waals surface area contributed by atoms with E-state index in [1.54, 1.807) is 23.0 Å². The molecule has 2 aromatic rings. The van der Waals surface area contributed by atoms with Crippen LogP contribution in [0.15, 0.2) is 48.5 Å². The molecule has 1 heterocycles. The average molecular weight is 511 g/mol. The van der Waals surface area contributed by atoms with E-state index in [-0.39, 0.29) is 44.0 Å². The summed E-state index contributed by atoms with van der Waals surface area (Å²) in [5, 5.41) is 0. The Labute approximate surface area is 219 Å². The Morgan fingerprint density at radius 3 is 2.30 bits per heavy atom. The molecule has 0 aliphatic carbocycles. The van der Waals surface area contributed by atoms with Crippen molar-refractivity contribution >= 4 is 23.4 Å². The van der Waals surface area contributed by atoms with Gasteiger partial charge in [0.05, 0.1) is 18.8 Å². The minimum atomic E-state index is -0.514. The fourth-order valence-corrected chi connectivity index (χ4v) is 4.41. The van der Waals surface area contributed by atoms with Crippen molar-refractivity contribution in [2.45, 2.75) is 26.5 Å². The summed E-state index contributed by atoms with van der Waals surface area (Å²) < 4.78 is 11.3. The van der Waals surface area contributed by atoms with Gasteiger partial charge in [-0.3, -0.25) is 14.4 Å². The third kappa shape index (κ3) is 7.22. The van der Waals surface area contributed by atoms with Crippen molar-refractivity contribution in [1.82, 2.24) is 14.7 Å². The Kier molecular flexibility index (Phi) is 9.91. The van der Waals surface area contributed by atoms with E-state index in [4.69, 9.17) is 9.47 Å². The number of hydrogen-bond donors (Lipinski definition) is 0. The summed E-state index contributed by atoms with van der Waals surface area (Å²) in [5.74, 6) is 0.205. The summed E-state index contributed by atoms with van der Waals surface area (Å²) in [4.78, 5) is 46.4. The van der Waals surface area contributed by atoms with Gasteiger partial charge < -0.3 is 29.1 Å². The van der Waals surface area contributed by atoms with E-state index in [1.165, 1.54) is 4.90 Å². The van der Waals surface area contributed by atoms with Gasteiger partial charge in [-0.2, -0.15) is 0 Å². The van der Waals surface area contributed by atoms with Gasteiger partial charge in [0.1, 0.15) is 18.9 Å². The first-order valence-electron chi connectivity index (χ1n) is 12.6. The first kappa shape index (κ1) is 28.0. The fourth-order valence-electron chi connectivity index (χ4n) is 4.41. The average Bonchev–Trinajstić information content (AvgIpc) is 3.06. The molecule has 0 saturated carbocycles. The highest BCUT2D eigenvalue weighted by Gasteiger charge is 2.32. The SMILES string of the molecule is CCN(CC)C(=O)COC1CN(Cc2ccc(OC)cc2)C(=O)CN(C(=O)c2ccccc2N(C)C)C1. The molecular formula is C28H38N4O5. The number of benzene rings is 2. The molecule has 0 bridgehead atoms. The number of methoxy groups -OCH3 is 1. The lowest BCUT2D eigenvalue weighted by atomic mass is 10.1. The summed E-state index contributed by atoms with van der Waals surface area (Å²) in [7, 11) is 5.36. The molecule has 9 heteroatoms. The summed E-state index contributed by atoms with van der Waals surface area (Å²) in [6.07, 6.45) is -0.514. The van der Waals surface area contributed by atoms with Gasteiger partial charge in [-0.05, 0) is 43.7 Å². The number of para-hydroxylation sites is 1. The minimum absolute atomic E-state index is 0.0688. The van der Waals surface area contributed by atoms with Gasteiger partial charge in [0, 0.05) is 52.5 Å². The largest absolute Gasteiger partial charge is 0.497 e. The van der Waals surface area contributed by atoms with E-state index in [9.17, 15) is 14.4 Å². The summed E-state index contributed by atoms with van der Waals surface area (Å²) in [5.41, 5.74) is 2.22. The number of hydrogen-bond acceptors (Lipinski definition) is 6. The van der Waals surface area contributed by atoms with Crippen molar-refractivity contribution < 1.29 is 23.9 Å². The van der Waals surface area contributed by atoms with Crippen LogP contribution in [0.5, 0.6) is 5.75 Å². The molecule has 1 unspecified atom stereocenters. The molecule has 200 valence electrons. The van der Waals surface area contributed by atoms with E-state index >= 15 is 0 Å². The Morgan fingerprint density at radius 2 is 1.68 bits per heavy atom. The maximum atomic E-state index is 13.6. The fraction of sp³-hybridized carbons (Fsp3) is 0.464. The Morgan fingerprint density at radius 1 is 1.00 bits per heavy atom. The summed E-state index contributed by atoms with van der Waals surface area (Å²) in [6, 6.07) is 14.8. The van der Waals surface area contributed by atoms with Gasteiger partial charge in [-0.15, -0.1) is 0 Å². The number of ether oxygens (including phenoxy) is 2. The molecule has 37 heavy (non-hydrogen) atoms. The van der Waals surface area contributed by atoms with Gasteiger partial charge in [-0.25, -0.2) is 0 Å². The quantitative estimate of drug-likeness (QED) is 0.489. The number of carbonyl (C=O) groups excluding carboxylic acids is 3. The zero-order valence-corrected chi connectivity index (χ0v) is 22.5. The van der Waals surface area contributed by atoms with Crippen molar-refractivity contribution in [3.05, 3.63) is 59.7 Å². The second kappa shape index (κ2) is 13.1. The van der Waals surface area contributed by atoms with Crippen molar-refractivity contribution in [2.75, 3.05) is 65.4 Å². The zero-order valence-electron chi connectivity index (χ0n) is 22.5. The number of likely N-dealkylation sites (N-methyl/N-ethyl adjacent to an activating group) is 1. The Balaban J connectivity index is 1.84. The minimum Gasteiger partial charge on any atom is -0.497 e. The summed E-state index contributed by atoms with van der Waals surface area (Å²) in [6.45, 7) is 5.70. The third-order valence-corrected chi connectivity index (χ3v) is 6.52. The van der Waals surface area contributed by atoms with Crippen LogP contribution < -0.4 is 9.64 Å². The molecular weight excluding hydrogens is 472 g/mol. The molecule has 1 saturated heterocycles. The van der Waals surface area contributed by atoms with E-state index < -0.39 is 6.10 Å². The number of rotatable bonds is 10. The van der Waals surface area contributed by atoms with Crippen molar-refractivity contribution in [3.63, 3.8) is 0 Å². The lowest BCUT2D eigenvalue weighted by molar-refractivity contribution is -0.138. The second-order valence-electron chi connectivity index (χ2n) is 9.22. The van der Waals surface area contributed by atoms with Crippen LogP contribution in [0.3, 0.4) is 0 Å². The van der Waals surface area contributed by atoms with Crippen LogP contribution >= 0.6 is 0 Å². The number of anilines is 1. The Bertz CT molecular complexity index is 1070. The van der Waals surface area contributed by atoms with E-state index in [2.05, 4.69) is 0 Å². The zero-order chi connectivity index (χ0) is 26.9. The van der Waals surface area contributed by atoms with Crippen molar-refractivity contribution in [1.29, 1.82) is 0 Å². The molecule has 1 atom stereocenters. The van der Waals surface area contributed by atoms with E-state index in [0.29, 0.717) is 25.2 Å². The van der Waals surface area contributed by atoms with Gasteiger partial charge in [0.15, 0.2) is 0 Å². The summed E-state index contributed by atoms with van der Waals surface area (Å²) >= 11 is 0. The molecule has 0 aromatic heterocycles. The number of nitrogens with zero attached hydrogens (tertiary/aromatic N) is 4. The monoisotopic (exact) mass is 510 g/mol. The van der Waals surface area contributed by atoms with Gasteiger partial charge in [0.2, 0.25) is 11.8 Å². The first-order valence-corrected chi connectivity index (χ1v) is 12.6. The lowest BCUT2D eigenvalue weighted by Gasteiger charge is -2.27.